The topological polar surface area (TPSA) is 68.8 Å². The van der Waals surface area contributed by atoms with Crippen LogP contribution in [0.5, 0.6) is 11.5 Å². The highest BCUT2D eigenvalue weighted by Gasteiger charge is 2.21. The van der Waals surface area contributed by atoms with Crippen LogP contribution in [-0.4, -0.2) is 45.0 Å². The summed E-state index contributed by atoms with van der Waals surface area (Å²) in [5, 5.41) is 5.67. The molecule has 2 heterocycles. The molecule has 1 aromatic rings. The highest BCUT2D eigenvalue weighted by atomic mass is 16.6. The Kier molecular flexibility index (Phi) is 4.45. The number of carbonyl (C=O) groups is 1. The van der Waals surface area contributed by atoms with Gasteiger partial charge in [-0.25, -0.2) is 4.79 Å². The Balaban J connectivity index is 1.38. The second-order valence-electron chi connectivity index (χ2n) is 5.32. The van der Waals surface area contributed by atoms with Crippen LogP contribution in [0.4, 0.5) is 4.79 Å². The van der Waals surface area contributed by atoms with E-state index in [2.05, 4.69) is 10.6 Å². The van der Waals surface area contributed by atoms with Crippen molar-refractivity contribution in [2.45, 2.75) is 12.5 Å². The van der Waals surface area contributed by atoms with Crippen molar-refractivity contribution in [3.05, 3.63) is 24.3 Å². The molecule has 0 bridgehead atoms. The van der Waals surface area contributed by atoms with Gasteiger partial charge in [0.2, 0.25) is 0 Å². The zero-order valence-corrected chi connectivity index (χ0v) is 11.8. The van der Waals surface area contributed by atoms with Gasteiger partial charge in [0.1, 0.15) is 6.61 Å². The molecule has 114 valence electrons. The fourth-order valence-electron chi connectivity index (χ4n) is 2.41. The summed E-state index contributed by atoms with van der Waals surface area (Å²) in [5.41, 5.74) is 0. The van der Waals surface area contributed by atoms with Gasteiger partial charge < -0.3 is 24.8 Å². The van der Waals surface area contributed by atoms with E-state index in [4.69, 9.17) is 14.2 Å². The number of urea groups is 1. The van der Waals surface area contributed by atoms with Gasteiger partial charge in [0, 0.05) is 19.1 Å². The Morgan fingerprint density at radius 3 is 2.76 bits per heavy atom. The minimum atomic E-state index is -0.177. The first-order valence-electron chi connectivity index (χ1n) is 7.29. The molecule has 6 nitrogen and oxygen atoms in total. The Labute approximate surface area is 123 Å². The van der Waals surface area contributed by atoms with Crippen LogP contribution in [0.25, 0.3) is 0 Å². The van der Waals surface area contributed by atoms with E-state index < -0.39 is 0 Å². The van der Waals surface area contributed by atoms with E-state index in [0.29, 0.717) is 25.6 Å². The lowest BCUT2D eigenvalue weighted by atomic mass is 10.1. The Morgan fingerprint density at radius 1 is 1.14 bits per heavy atom. The standard InChI is InChI=1S/C15H20N2O4/c18-15(16-7-11-5-6-19-9-11)17-8-12-10-20-13-3-1-2-4-14(13)21-12/h1-4,11-12H,5-10H2,(H2,16,17,18)/t11-,12-/m0/s1. The molecule has 0 aliphatic carbocycles. The molecule has 3 rings (SSSR count). The largest absolute Gasteiger partial charge is 0.486 e. The molecule has 0 saturated carbocycles. The van der Waals surface area contributed by atoms with E-state index in [9.17, 15) is 4.79 Å². The van der Waals surface area contributed by atoms with Crippen molar-refractivity contribution in [1.29, 1.82) is 0 Å². The lowest BCUT2D eigenvalue weighted by molar-refractivity contribution is 0.0917. The molecule has 2 N–H and O–H groups in total. The van der Waals surface area contributed by atoms with Gasteiger partial charge in [0.25, 0.3) is 0 Å². The molecular formula is C15H20N2O4. The van der Waals surface area contributed by atoms with E-state index in [1.54, 1.807) is 0 Å². The van der Waals surface area contributed by atoms with E-state index >= 15 is 0 Å². The molecule has 21 heavy (non-hydrogen) atoms. The Morgan fingerprint density at radius 2 is 1.95 bits per heavy atom. The van der Waals surface area contributed by atoms with Crippen molar-refractivity contribution in [2.24, 2.45) is 5.92 Å². The van der Waals surface area contributed by atoms with Gasteiger partial charge in [-0.2, -0.15) is 0 Å². The fourth-order valence-corrected chi connectivity index (χ4v) is 2.41. The molecule has 2 atom stereocenters. The first-order chi connectivity index (χ1) is 10.3. The SMILES string of the molecule is O=C(NC[C@@H]1CCOC1)NC[C@H]1COc2ccccc2O1. The van der Waals surface area contributed by atoms with Crippen LogP contribution in [0.15, 0.2) is 24.3 Å². The summed E-state index contributed by atoms with van der Waals surface area (Å²) in [6.07, 6.45) is 0.844. The van der Waals surface area contributed by atoms with E-state index in [1.807, 2.05) is 24.3 Å². The van der Waals surface area contributed by atoms with Crippen LogP contribution >= 0.6 is 0 Å². The molecule has 0 unspecified atom stereocenters. The van der Waals surface area contributed by atoms with Crippen molar-refractivity contribution in [3.63, 3.8) is 0 Å². The van der Waals surface area contributed by atoms with Crippen LogP contribution < -0.4 is 20.1 Å². The molecule has 1 fully saturated rings. The highest BCUT2D eigenvalue weighted by molar-refractivity contribution is 5.73. The fraction of sp³-hybridized carbons (Fsp3) is 0.533. The zero-order chi connectivity index (χ0) is 14.5. The van der Waals surface area contributed by atoms with Gasteiger partial charge in [-0.3, -0.25) is 0 Å². The van der Waals surface area contributed by atoms with Crippen LogP contribution in [0.1, 0.15) is 6.42 Å². The normalized spacial score (nSPS) is 23.6. The van der Waals surface area contributed by atoms with Crippen molar-refractivity contribution >= 4 is 6.03 Å². The number of para-hydroxylation sites is 2. The molecule has 0 spiro atoms. The second kappa shape index (κ2) is 6.67. The summed E-state index contributed by atoms with van der Waals surface area (Å²) in [7, 11) is 0. The van der Waals surface area contributed by atoms with Gasteiger partial charge in [-0.05, 0) is 18.6 Å². The average molecular weight is 292 g/mol. The molecule has 1 aromatic carbocycles. The predicted molar refractivity (Wildman–Crippen MR) is 76.7 cm³/mol. The molecule has 0 aromatic heterocycles. The molecular weight excluding hydrogens is 272 g/mol. The number of fused-ring (bicyclic) bond motifs is 1. The smallest absolute Gasteiger partial charge is 0.314 e. The zero-order valence-electron chi connectivity index (χ0n) is 11.8. The maximum absolute atomic E-state index is 11.7. The molecule has 2 amide bonds. The quantitative estimate of drug-likeness (QED) is 0.874. The number of hydrogen-bond donors (Lipinski definition) is 2. The number of carbonyl (C=O) groups excluding carboxylic acids is 1. The second-order valence-corrected chi connectivity index (χ2v) is 5.32. The van der Waals surface area contributed by atoms with Crippen LogP contribution in [0, 0.1) is 5.92 Å². The van der Waals surface area contributed by atoms with Crippen molar-refractivity contribution < 1.29 is 19.0 Å². The summed E-state index contributed by atoms with van der Waals surface area (Å²) in [6, 6.07) is 7.36. The minimum absolute atomic E-state index is 0.166. The number of rotatable bonds is 4. The first-order valence-corrected chi connectivity index (χ1v) is 7.29. The van der Waals surface area contributed by atoms with Crippen molar-refractivity contribution in [1.82, 2.24) is 10.6 Å². The Bertz CT molecular complexity index is 488. The van der Waals surface area contributed by atoms with E-state index in [-0.39, 0.29) is 12.1 Å². The molecule has 0 radical (unpaired) electrons. The monoisotopic (exact) mass is 292 g/mol. The van der Waals surface area contributed by atoms with Crippen LogP contribution in [0.3, 0.4) is 0 Å². The molecule has 2 aliphatic rings. The number of nitrogens with one attached hydrogen (secondary N) is 2. The van der Waals surface area contributed by atoms with Gasteiger partial charge in [0.05, 0.1) is 13.2 Å². The summed E-state index contributed by atoms with van der Waals surface area (Å²) in [5.74, 6) is 1.90. The first kappa shape index (κ1) is 14.0. The maximum Gasteiger partial charge on any atom is 0.314 e. The molecule has 1 saturated heterocycles. The van der Waals surface area contributed by atoms with Gasteiger partial charge >= 0.3 is 6.03 Å². The minimum Gasteiger partial charge on any atom is -0.486 e. The summed E-state index contributed by atoms with van der Waals surface area (Å²) >= 11 is 0. The Hall–Kier alpha value is -1.95. The molecule has 2 aliphatic heterocycles. The maximum atomic E-state index is 11.7. The third kappa shape index (κ3) is 3.78. The van der Waals surface area contributed by atoms with Crippen molar-refractivity contribution in [2.75, 3.05) is 32.9 Å². The molecule has 6 heteroatoms. The van der Waals surface area contributed by atoms with E-state index in [1.165, 1.54) is 0 Å². The van der Waals surface area contributed by atoms with E-state index in [0.717, 1.165) is 31.1 Å². The number of amides is 2. The van der Waals surface area contributed by atoms with Gasteiger partial charge in [-0.15, -0.1) is 0 Å². The third-order valence-electron chi connectivity index (χ3n) is 3.63. The van der Waals surface area contributed by atoms with Gasteiger partial charge in [-0.1, -0.05) is 12.1 Å². The highest BCUT2D eigenvalue weighted by Crippen LogP contribution is 2.30. The average Bonchev–Trinajstić information content (AvgIpc) is 3.04. The number of benzene rings is 1. The summed E-state index contributed by atoms with van der Waals surface area (Å²) < 4.78 is 16.6. The summed E-state index contributed by atoms with van der Waals surface area (Å²) in [6.45, 7) is 3.03. The summed E-state index contributed by atoms with van der Waals surface area (Å²) in [4.78, 5) is 11.7. The lowest BCUT2D eigenvalue weighted by Crippen LogP contribution is -2.45. The third-order valence-corrected chi connectivity index (χ3v) is 3.63. The van der Waals surface area contributed by atoms with Gasteiger partial charge in [0.15, 0.2) is 17.6 Å². The van der Waals surface area contributed by atoms with Crippen LogP contribution in [-0.2, 0) is 4.74 Å². The van der Waals surface area contributed by atoms with Crippen LogP contribution in [0.2, 0.25) is 0 Å². The predicted octanol–water partition coefficient (Wildman–Crippen LogP) is 1.16. The van der Waals surface area contributed by atoms with Crippen molar-refractivity contribution in [3.8, 4) is 11.5 Å². The number of ether oxygens (including phenoxy) is 3. The lowest BCUT2D eigenvalue weighted by Gasteiger charge is -2.26. The number of hydrogen-bond acceptors (Lipinski definition) is 4.